The number of esters is 1. The summed E-state index contributed by atoms with van der Waals surface area (Å²) < 4.78 is 44.9. The van der Waals surface area contributed by atoms with E-state index in [4.69, 9.17) is 0 Å². The molecule has 0 amide bonds. The fourth-order valence-electron chi connectivity index (χ4n) is 1.55. The van der Waals surface area contributed by atoms with Gasteiger partial charge in [0.05, 0.1) is 13.3 Å². The van der Waals surface area contributed by atoms with Gasteiger partial charge in [-0.05, 0) is 6.07 Å². The molecule has 0 radical (unpaired) electrons. The van der Waals surface area contributed by atoms with Crippen LogP contribution in [0.25, 0.3) is 0 Å². The molecule has 0 unspecified atom stereocenters. The number of aromatic nitrogens is 3. The highest BCUT2D eigenvalue weighted by Crippen LogP contribution is 2.16. The van der Waals surface area contributed by atoms with Crippen molar-refractivity contribution < 1.29 is 22.3 Å². The summed E-state index contributed by atoms with van der Waals surface area (Å²) in [6.07, 6.45) is 1.88. The number of carbonyl (C=O) groups excluding carboxylic acids is 1. The number of carbonyl (C=O) groups is 1. The highest BCUT2D eigenvalue weighted by molar-refractivity contribution is 7.92. The summed E-state index contributed by atoms with van der Waals surface area (Å²) >= 11 is 0. The molecule has 0 fully saturated rings. The lowest BCUT2D eigenvalue weighted by Crippen LogP contribution is -2.14. The van der Waals surface area contributed by atoms with E-state index < -0.39 is 21.8 Å². The van der Waals surface area contributed by atoms with Crippen molar-refractivity contribution >= 4 is 21.8 Å². The number of anilines is 1. The zero-order chi connectivity index (χ0) is 15.6. The van der Waals surface area contributed by atoms with E-state index in [1.807, 2.05) is 0 Å². The van der Waals surface area contributed by atoms with Crippen LogP contribution in [-0.2, 0) is 21.8 Å². The van der Waals surface area contributed by atoms with Crippen molar-refractivity contribution in [1.29, 1.82) is 0 Å². The first kappa shape index (κ1) is 14.9. The molecule has 0 aliphatic rings. The second kappa shape index (κ2) is 5.48. The largest absolute Gasteiger partial charge is 0.464 e. The molecule has 1 N–H and O–H groups in total. The molecule has 0 aliphatic carbocycles. The van der Waals surface area contributed by atoms with Gasteiger partial charge in [0.1, 0.15) is 16.4 Å². The van der Waals surface area contributed by atoms with Gasteiger partial charge < -0.3 is 4.74 Å². The van der Waals surface area contributed by atoms with Gasteiger partial charge in [0.15, 0.2) is 5.82 Å². The fraction of sp³-hybridized carbons (Fsp3) is 0.182. The number of halogens is 1. The third-order valence-electron chi connectivity index (χ3n) is 2.50. The van der Waals surface area contributed by atoms with Crippen molar-refractivity contribution in [2.24, 2.45) is 7.05 Å². The normalized spacial score (nSPS) is 11.2. The Balaban J connectivity index is 2.31. The third kappa shape index (κ3) is 3.16. The number of pyridine rings is 1. The lowest BCUT2D eigenvalue weighted by atomic mass is 10.4. The van der Waals surface area contributed by atoms with Gasteiger partial charge in [-0.2, -0.15) is 5.10 Å². The molecule has 2 heterocycles. The number of ether oxygens (including phenoxy) is 1. The molecule has 0 bridgehead atoms. The van der Waals surface area contributed by atoms with Crippen LogP contribution in [0, 0.1) is 5.82 Å². The summed E-state index contributed by atoms with van der Waals surface area (Å²) in [5.74, 6) is -1.54. The van der Waals surface area contributed by atoms with Crippen LogP contribution in [0.15, 0.2) is 29.4 Å². The Morgan fingerprint density at radius 3 is 2.71 bits per heavy atom. The summed E-state index contributed by atoms with van der Waals surface area (Å²) in [6, 6.07) is 2.02. The number of methoxy groups -OCH3 is 1. The summed E-state index contributed by atoms with van der Waals surface area (Å²) in [6.45, 7) is 0. The third-order valence-corrected chi connectivity index (χ3v) is 3.83. The smallest absolute Gasteiger partial charge is 0.356 e. The molecule has 0 saturated heterocycles. The number of hydrogen-bond acceptors (Lipinski definition) is 6. The van der Waals surface area contributed by atoms with Gasteiger partial charge in [-0.25, -0.2) is 17.6 Å². The number of sulfonamides is 1. The van der Waals surface area contributed by atoms with Crippen LogP contribution >= 0.6 is 0 Å². The first-order valence-corrected chi connectivity index (χ1v) is 7.07. The van der Waals surface area contributed by atoms with Crippen molar-refractivity contribution in [2.75, 3.05) is 11.8 Å². The number of hydrogen-bond donors (Lipinski definition) is 1. The van der Waals surface area contributed by atoms with Gasteiger partial charge >= 0.3 is 5.97 Å². The van der Waals surface area contributed by atoms with Gasteiger partial charge in [0.2, 0.25) is 0 Å². The van der Waals surface area contributed by atoms with E-state index in [1.54, 1.807) is 0 Å². The molecule has 0 aromatic carbocycles. The van der Waals surface area contributed by atoms with E-state index >= 15 is 0 Å². The van der Waals surface area contributed by atoms with Crippen molar-refractivity contribution in [3.05, 3.63) is 36.0 Å². The summed E-state index contributed by atoms with van der Waals surface area (Å²) in [5, 5.41) is 3.82. The van der Waals surface area contributed by atoms with Gasteiger partial charge in [-0.1, -0.05) is 0 Å². The Bertz CT molecular complexity index is 787. The minimum atomic E-state index is -4.05. The molecule has 8 nitrogen and oxygen atoms in total. The highest BCUT2D eigenvalue weighted by atomic mass is 32.2. The average Bonchev–Trinajstić information content (AvgIpc) is 2.78. The quantitative estimate of drug-likeness (QED) is 0.826. The Kier molecular flexibility index (Phi) is 3.89. The van der Waals surface area contributed by atoms with Crippen LogP contribution in [0.4, 0.5) is 10.2 Å². The Labute approximate surface area is 119 Å². The van der Waals surface area contributed by atoms with Gasteiger partial charge in [-0.15, -0.1) is 0 Å². The van der Waals surface area contributed by atoms with E-state index in [9.17, 15) is 17.6 Å². The average molecular weight is 314 g/mol. The molecule has 2 rings (SSSR count). The molecule has 112 valence electrons. The molecular formula is C11H11FN4O4S. The molecule has 21 heavy (non-hydrogen) atoms. The standard InChI is InChI=1S/C11H11FN4O4S/c1-16-9(11(17)20-2)4-10(14-16)15-21(18,19)8-3-7(12)5-13-6-8/h3-6H,1-2H3,(H,14,15). The molecular weight excluding hydrogens is 303 g/mol. The van der Waals surface area contributed by atoms with Crippen molar-refractivity contribution in [2.45, 2.75) is 4.90 Å². The maximum absolute atomic E-state index is 13.0. The van der Waals surface area contributed by atoms with E-state index in [0.29, 0.717) is 0 Å². The molecule has 0 saturated carbocycles. The predicted octanol–water partition coefficient (Wildman–Crippen LogP) is 0.542. The zero-order valence-corrected chi connectivity index (χ0v) is 11.9. The Morgan fingerprint density at radius 2 is 2.10 bits per heavy atom. The first-order valence-electron chi connectivity index (χ1n) is 5.59. The zero-order valence-electron chi connectivity index (χ0n) is 11.1. The van der Waals surface area contributed by atoms with E-state index in [1.165, 1.54) is 20.2 Å². The molecule has 2 aromatic heterocycles. The number of nitrogens with one attached hydrogen (secondary N) is 1. The SMILES string of the molecule is COC(=O)c1cc(NS(=O)(=O)c2cncc(F)c2)nn1C. The summed E-state index contributed by atoms with van der Waals surface area (Å²) in [5.41, 5.74) is 0.0626. The predicted molar refractivity (Wildman–Crippen MR) is 69.6 cm³/mol. The minimum Gasteiger partial charge on any atom is -0.464 e. The molecule has 2 aromatic rings. The van der Waals surface area contributed by atoms with Crippen molar-refractivity contribution in [1.82, 2.24) is 14.8 Å². The van der Waals surface area contributed by atoms with E-state index in [2.05, 4.69) is 19.5 Å². The van der Waals surface area contributed by atoms with Crippen LogP contribution in [0.1, 0.15) is 10.5 Å². The molecule has 10 heteroatoms. The van der Waals surface area contributed by atoms with Crippen LogP contribution in [-0.4, -0.2) is 36.3 Å². The van der Waals surface area contributed by atoms with Gasteiger partial charge in [0.25, 0.3) is 10.0 Å². The molecule has 0 atom stereocenters. The van der Waals surface area contributed by atoms with Crippen LogP contribution in [0.2, 0.25) is 0 Å². The second-order valence-electron chi connectivity index (χ2n) is 3.97. The number of rotatable bonds is 4. The minimum absolute atomic E-state index is 0.0626. The monoisotopic (exact) mass is 314 g/mol. The maximum Gasteiger partial charge on any atom is 0.356 e. The summed E-state index contributed by atoms with van der Waals surface area (Å²) in [4.78, 5) is 14.5. The van der Waals surface area contributed by atoms with Crippen molar-refractivity contribution in [3.8, 4) is 0 Å². The van der Waals surface area contributed by atoms with Crippen LogP contribution < -0.4 is 4.72 Å². The highest BCUT2D eigenvalue weighted by Gasteiger charge is 2.20. The van der Waals surface area contributed by atoms with Crippen LogP contribution in [0.3, 0.4) is 0 Å². The maximum atomic E-state index is 13.0. The molecule has 0 aliphatic heterocycles. The van der Waals surface area contributed by atoms with Crippen LogP contribution in [0.5, 0.6) is 0 Å². The summed E-state index contributed by atoms with van der Waals surface area (Å²) in [7, 11) is -1.41. The van der Waals surface area contributed by atoms with Crippen molar-refractivity contribution in [3.63, 3.8) is 0 Å². The van der Waals surface area contributed by atoms with Gasteiger partial charge in [0, 0.05) is 19.3 Å². The van der Waals surface area contributed by atoms with E-state index in [0.717, 1.165) is 23.1 Å². The lowest BCUT2D eigenvalue weighted by Gasteiger charge is -2.04. The lowest BCUT2D eigenvalue weighted by molar-refractivity contribution is 0.0588. The fourth-order valence-corrected chi connectivity index (χ4v) is 2.51. The topological polar surface area (TPSA) is 103 Å². The molecule has 0 spiro atoms. The Morgan fingerprint density at radius 1 is 1.38 bits per heavy atom. The van der Waals surface area contributed by atoms with Gasteiger partial charge in [-0.3, -0.25) is 14.4 Å². The Hall–Kier alpha value is -2.49. The first-order chi connectivity index (χ1) is 9.83. The van der Waals surface area contributed by atoms with E-state index in [-0.39, 0.29) is 16.4 Å². The number of aryl methyl sites for hydroxylation is 1. The second-order valence-corrected chi connectivity index (χ2v) is 5.66. The number of nitrogens with zero attached hydrogens (tertiary/aromatic N) is 3.